The fourth-order valence-corrected chi connectivity index (χ4v) is 4.06. The van der Waals surface area contributed by atoms with E-state index in [4.69, 9.17) is 0 Å². The Hall–Kier alpha value is -5.32. The molecule has 0 aliphatic carbocycles. The van der Waals surface area contributed by atoms with Crippen molar-refractivity contribution in [3.05, 3.63) is 105 Å². The smallest absolute Gasteiger partial charge is 0.269 e. The molecule has 0 unspecified atom stereocenters. The summed E-state index contributed by atoms with van der Waals surface area (Å²) in [5.74, 6) is 0. The molecule has 0 saturated heterocycles. The van der Waals surface area contributed by atoms with E-state index in [1.807, 2.05) is 36.4 Å². The number of rotatable bonds is 7. The number of nitrogens with zero attached hydrogens (tertiary/aromatic N) is 7. The Morgan fingerprint density at radius 1 is 0.595 bits per heavy atom. The zero-order valence-electron chi connectivity index (χ0n) is 19.6. The summed E-state index contributed by atoms with van der Waals surface area (Å²) in [6.07, 6.45) is 0. The molecule has 0 spiro atoms. The number of aromatic nitrogens is 1. The highest BCUT2D eigenvalue weighted by Gasteiger charge is 2.11. The molecular formula is C26H19N7O4. The third-order valence-corrected chi connectivity index (χ3v) is 5.83. The zero-order valence-corrected chi connectivity index (χ0v) is 19.6. The van der Waals surface area contributed by atoms with Gasteiger partial charge < -0.3 is 4.57 Å². The monoisotopic (exact) mass is 493 g/mol. The van der Waals surface area contributed by atoms with Gasteiger partial charge >= 0.3 is 0 Å². The summed E-state index contributed by atoms with van der Waals surface area (Å²) in [5, 5.41) is 40.7. The number of nitro benzene ring substituents is 2. The van der Waals surface area contributed by atoms with E-state index in [0.29, 0.717) is 22.7 Å². The molecule has 182 valence electrons. The van der Waals surface area contributed by atoms with Gasteiger partial charge in [-0.15, -0.1) is 0 Å². The third kappa shape index (κ3) is 4.78. The van der Waals surface area contributed by atoms with E-state index in [9.17, 15) is 20.2 Å². The molecular weight excluding hydrogens is 474 g/mol. The highest BCUT2D eigenvalue weighted by Crippen LogP contribution is 2.35. The standard InChI is InChI=1S/C26H19N7O4/c1-2-31-25-13-7-19(29-27-17-3-9-21(10-4-17)32(34)35)15-23(25)24-16-20(8-14-26(24)31)30-28-18-5-11-22(12-6-18)33(36)37/h3-16H,2H2,1H3. The molecule has 0 radical (unpaired) electrons. The fourth-order valence-electron chi connectivity index (χ4n) is 4.06. The van der Waals surface area contributed by atoms with Crippen molar-refractivity contribution in [2.75, 3.05) is 0 Å². The van der Waals surface area contributed by atoms with Crippen molar-refractivity contribution < 1.29 is 9.85 Å². The number of nitro groups is 2. The van der Waals surface area contributed by atoms with Gasteiger partial charge in [0.15, 0.2) is 0 Å². The van der Waals surface area contributed by atoms with Gasteiger partial charge in [0.25, 0.3) is 11.4 Å². The van der Waals surface area contributed by atoms with Crippen LogP contribution >= 0.6 is 0 Å². The highest BCUT2D eigenvalue weighted by molar-refractivity contribution is 6.09. The molecule has 4 aromatic carbocycles. The number of hydrogen-bond acceptors (Lipinski definition) is 8. The molecule has 0 fully saturated rings. The van der Waals surface area contributed by atoms with E-state index in [1.54, 1.807) is 24.3 Å². The van der Waals surface area contributed by atoms with E-state index in [0.717, 1.165) is 28.4 Å². The second kappa shape index (κ2) is 9.74. The van der Waals surface area contributed by atoms with E-state index in [2.05, 4.69) is 31.9 Å². The van der Waals surface area contributed by atoms with Gasteiger partial charge in [-0.25, -0.2) is 0 Å². The van der Waals surface area contributed by atoms with Crippen molar-refractivity contribution in [2.45, 2.75) is 13.5 Å². The molecule has 0 aliphatic heterocycles. The minimum Gasteiger partial charge on any atom is -0.341 e. The van der Waals surface area contributed by atoms with Gasteiger partial charge in [0.2, 0.25) is 0 Å². The minimum atomic E-state index is -0.460. The van der Waals surface area contributed by atoms with Crippen molar-refractivity contribution in [3.8, 4) is 0 Å². The van der Waals surface area contributed by atoms with Crippen LogP contribution in [0.1, 0.15) is 6.92 Å². The molecule has 0 bridgehead atoms. The molecule has 0 saturated carbocycles. The summed E-state index contributed by atoms with van der Waals surface area (Å²) < 4.78 is 2.19. The van der Waals surface area contributed by atoms with Crippen molar-refractivity contribution >= 4 is 55.9 Å². The number of non-ortho nitro benzene ring substituents is 2. The van der Waals surface area contributed by atoms with Gasteiger partial charge in [-0.05, 0) is 67.6 Å². The van der Waals surface area contributed by atoms with Crippen LogP contribution in [0.3, 0.4) is 0 Å². The number of benzene rings is 4. The number of aryl methyl sites for hydroxylation is 1. The first-order chi connectivity index (χ1) is 17.9. The Morgan fingerprint density at radius 3 is 1.30 bits per heavy atom. The molecule has 37 heavy (non-hydrogen) atoms. The normalized spacial score (nSPS) is 11.7. The maximum absolute atomic E-state index is 10.8. The summed E-state index contributed by atoms with van der Waals surface area (Å²) in [6.45, 7) is 2.84. The maximum Gasteiger partial charge on any atom is 0.269 e. The van der Waals surface area contributed by atoms with Crippen LogP contribution in [-0.4, -0.2) is 14.4 Å². The summed E-state index contributed by atoms with van der Waals surface area (Å²) in [6, 6.07) is 23.3. The zero-order chi connectivity index (χ0) is 25.9. The minimum absolute atomic E-state index is 0.00530. The quantitative estimate of drug-likeness (QED) is 0.127. The van der Waals surface area contributed by atoms with Gasteiger partial charge in [0.1, 0.15) is 0 Å². The lowest BCUT2D eigenvalue weighted by atomic mass is 10.1. The predicted octanol–water partition coefficient (Wildman–Crippen LogP) is 8.46. The van der Waals surface area contributed by atoms with Crippen LogP contribution in [0.15, 0.2) is 105 Å². The second-order valence-corrected chi connectivity index (χ2v) is 8.09. The Labute approximate surface area is 209 Å². The van der Waals surface area contributed by atoms with E-state index < -0.39 is 9.85 Å². The fraction of sp³-hybridized carbons (Fsp3) is 0.0769. The highest BCUT2D eigenvalue weighted by atomic mass is 16.6. The molecule has 5 aromatic rings. The van der Waals surface area contributed by atoms with Crippen LogP contribution in [0.2, 0.25) is 0 Å². The predicted molar refractivity (Wildman–Crippen MR) is 140 cm³/mol. The van der Waals surface area contributed by atoms with Crippen molar-refractivity contribution in [1.29, 1.82) is 0 Å². The number of hydrogen-bond donors (Lipinski definition) is 0. The van der Waals surface area contributed by atoms with Crippen LogP contribution in [0.25, 0.3) is 21.8 Å². The number of azo groups is 2. The summed E-state index contributed by atoms with van der Waals surface area (Å²) >= 11 is 0. The summed E-state index contributed by atoms with van der Waals surface area (Å²) in [5.41, 5.74) is 4.36. The van der Waals surface area contributed by atoms with E-state index >= 15 is 0 Å². The first-order valence-electron chi connectivity index (χ1n) is 11.3. The van der Waals surface area contributed by atoms with Gasteiger partial charge in [0.05, 0.1) is 32.6 Å². The third-order valence-electron chi connectivity index (χ3n) is 5.83. The SMILES string of the molecule is CCn1c2ccc(N=Nc3ccc([N+](=O)[O-])cc3)cc2c2cc(N=Nc3ccc([N+](=O)[O-])cc3)ccc21. The Morgan fingerprint density at radius 2 is 0.946 bits per heavy atom. The average Bonchev–Trinajstić information content (AvgIpc) is 3.23. The maximum atomic E-state index is 10.8. The van der Waals surface area contributed by atoms with Crippen LogP contribution < -0.4 is 0 Å². The van der Waals surface area contributed by atoms with Crippen molar-refractivity contribution in [1.82, 2.24) is 4.57 Å². The van der Waals surface area contributed by atoms with Gasteiger partial charge in [-0.2, -0.15) is 20.5 Å². The summed E-state index contributed by atoms with van der Waals surface area (Å²) in [4.78, 5) is 20.8. The van der Waals surface area contributed by atoms with Crippen molar-refractivity contribution in [2.24, 2.45) is 20.5 Å². The average molecular weight is 493 g/mol. The topological polar surface area (TPSA) is 141 Å². The molecule has 0 aliphatic rings. The molecule has 11 heteroatoms. The van der Waals surface area contributed by atoms with Crippen LogP contribution in [0, 0.1) is 20.2 Å². The van der Waals surface area contributed by atoms with Crippen LogP contribution in [0.5, 0.6) is 0 Å². The molecule has 0 atom stereocenters. The van der Waals surface area contributed by atoms with Crippen LogP contribution in [-0.2, 0) is 6.54 Å². The molecule has 1 heterocycles. The van der Waals surface area contributed by atoms with E-state index in [-0.39, 0.29) is 11.4 Å². The lowest BCUT2D eigenvalue weighted by molar-refractivity contribution is -0.385. The second-order valence-electron chi connectivity index (χ2n) is 8.09. The van der Waals surface area contributed by atoms with Gasteiger partial charge in [0, 0.05) is 52.6 Å². The molecule has 0 amide bonds. The first kappa shape index (κ1) is 23.4. The Balaban J connectivity index is 1.48. The van der Waals surface area contributed by atoms with Crippen LogP contribution in [0.4, 0.5) is 34.1 Å². The molecule has 1 aromatic heterocycles. The first-order valence-corrected chi connectivity index (χ1v) is 11.3. The molecule has 11 nitrogen and oxygen atoms in total. The molecule has 5 rings (SSSR count). The Bertz CT molecular complexity index is 1580. The lowest BCUT2D eigenvalue weighted by Gasteiger charge is -2.02. The van der Waals surface area contributed by atoms with E-state index in [1.165, 1.54) is 24.3 Å². The van der Waals surface area contributed by atoms with Gasteiger partial charge in [-0.3, -0.25) is 20.2 Å². The van der Waals surface area contributed by atoms with Gasteiger partial charge in [-0.1, -0.05) is 0 Å². The largest absolute Gasteiger partial charge is 0.341 e. The lowest BCUT2D eigenvalue weighted by Crippen LogP contribution is -1.92. The van der Waals surface area contributed by atoms with Crippen molar-refractivity contribution in [3.63, 3.8) is 0 Å². The number of fused-ring (bicyclic) bond motifs is 3. The molecule has 0 N–H and O–H groups in total. The summed E-state index contributed by atoms with van der Waals surface area (Å²) in [7, 11) is 0. The Kier molecular flexibility index (Phi) is 6.17.